The highest BCUT2D eigenvalue weighted by molar-refractivity contribution is 5.64. The fourth-order valence-electron chi connectivity index (χ4n) is 0.199. The summed E-state index contributed by atoms with van der Waals surface area (Å²) in [5.74, 6) is 0. The highest BCUT2D eigenvalue weighted by atomic mass is 16.6. The van der Waals surface area contributed by atoms with Crippen LogP contribution in [0.4, 0.5) is 4.79 Å². The first-order valence-corrected chi connectivity index (χ1v) is 2.21. The quantitative estimate of drug-likeness (QED) is 0.549. The van der Waals surface area contributed by atoms with Gasteiger partial charge in [0, 0.05) is 0 Å². The van der Waals surface area contributed by atoms with Gasteiger partial charge in [0.05, 0.1) is 0 Å². The van der Waals surface area contributed by atoms with Crippen LogP contribution in [0.2, 0.25) is 0 Å². The molecule has 0 aliphatic rings. The Balaban J connectivity index is 3.05. The van der Waals surface area contributed by atoms with Gasteiger partial charge in [-0.1, -0.05) is 0 Å². The van der Waals surface area contributed by atoms with Gasteiger partial charge in [0.25, 0.3) is 0 Å². The van der Waals surface area contributed by atoms with Crippen molar-refractivity contribution < 1.29 is 14.6 Å². The third kappa shape index (κ3) is 5.23. The van der Waals surface area contributed by atoms with E-state index in [9.17, 15) is 9.90 Å². The van der Waals surface area contributed by atoms with E-state index >= 15 is 0 Å². The molecule has 1 unspecified atom stereocenters. The highest BCUT2D eigenvalue weighted by Crippen LogP contribution is 1.81. The number of ether oxygens (including phenoxy) is 1. The predicted molar refractivity (Wildman–Crippen MR) is 25.7 cm³/mol. The van der Waals surface area contributed by atoms with Gasteiger partial charge in [-0.3, -0.25) is 0 Å². The van der Waals surface area contributed by atoms with Gasteiger partial charge in [-0.2, -0.15) is 0 Å². The lowest BCUT2D eigenvalue weighted by Gasteiger charge is -1.99. The summed E-state index contributed by atoms with van der Waals surface area (Å²) in [5.41, 5.74) is 4.54. The van der Waals surface area contributed by atoms with Crippen molar-refractivity contribution in [3.05, 3.63) is 0 Å². The minimum absolute atomic E-state index is 0.144. The molecule has 0 aromatic rings. The topological polar surface area (TPSA) is 72.2 Å². The molecule has 8 heavy (non-hydrogen) atoms. The Morgan fingerprint density at radius 1 is 1.88 bits per heavy atom. The summed E-state index contributed by atoms with van der Waals surface area (Å²) in [6.45, 7) is 1.25. The molecular weight excluding hydrogens is 110 g/mol. The van der Waals surface area contributed by atoms with Crippen LogP contribution in [-0.4, -0.2) is 18.8 Å². The van der Waals surface area contributed by atoms with Gasteiger partial charge in [-0.15, -0.1) is 0 Å². The zero-order valence-electron chi connectivity index (χ0n) is 4.59. The van der Waals surface area contributed by atoms with Crippen molar-refractivity contribution in [2.45, 2.75) is 13.0 Å². The van der Waals surface area contributed by atoms with E-state index in [1.807, 2.05) is 0 Å². The smallest absolute Gasteiger partial charge is 0.404 e. The third-order valence-electron chi connectivity index (χ3n) is 0.460. The van der Waals surface area contributed by atoms with Crippen molar-refractivity contribution in [3.8, 4) is 0 Å². The van der Waals surface area contributed by atoms with E-state index in [2.05, 4.69) is 10.5 Å². The summed E-state index contributed by atoms with van der Waals surface area (Å²) in [6.07, 6.45) is -1.78. The van der Waals surface area contributed by atoms with Crippen molar-refractivity contribution in [2.75, 3.05) is 6.61 Å². The molecule has 1 atom stereocenters. The molecule has 0 rings (SSSR count). The predicted octanol–water partition coefficient (Wildman–Crippen LogP) is -0.0993. The van der Waals surface area contributed by atoms with Crippen LogP contribution in [0.3, 0.4) is 0 Å². The largest absolute Gasteiger partial charge is 0.447 e. The van der Waals surface area contributed by atoms with Crippen LogP contribution in [0.15, 0.2) is 0 Å². The molecule has 1 radical (unpaired) electrons. The lowest BCUT2D eigenvalue weighted by Crippen LogP contribution is -2.18. The maximum Gasteiger partial charge on any atom is 0.404 e. The second-order valence-corrected chi connectivity index (χ2v) is 1.44. The van der Waals surface area contributed by atoms with Crippen LogP contribution in [0.25, 0.3) is 0 Å². The normalized spacial score (nSPS) is 12.8. The van der Waals surface area contributed by atoms with Crippen molar-refractivity contribution in [2.24, 2.45) is 5.73 Å². The first-order valence-electron chi connectivity index (χ1n) is 2.21. The lowest BCUT2D eigenvalue weighted by atomic mass is 10.5. The van der Waals surface area contributed by atoms with Crippen LogP contribution in [0.5, 0.6) is 0 Å². The van der Waals surface area contributed by atoms with Gasteiger partial charge >= 0.3 is 6.09 Å². The molecule has 0 saturated carbocycles. The summed E-state index contributed by atoms with van der Waals surface area (Å²) in [6, 6.07) is 0. The average Bonchev–Trinajstić information content (AvgIpc) is 1.61. The van der Waals surface area contributed by atoms with Gasteiger partial charge < -0.3 is 10.5 Å². The molecule has 47 valence electrons. The van der Waals surface area contributed by atoms with Gasteiger partial charge in [-0.25, -0.2) is 9.90 Å². The van der Waals surface area contributed by atoms with Crippen LogP contribution < -0.4 is 5.73 Å². The molecule has 0 aliphatic carbocycles. The van der Waals surface area contributed by atoms with Gasteiger partial charge in [0.1, 0.15) is 12.7 Å². The van der Waals surface area contributed by atoms with Crippen LogP contribution in [0, 0.1) is 0 Å². The number of hydrogen-bond acceptors (Lipinski definition) is 2. The average molecular weight is 118 g/mol. The van der Waals surface area contributed by atoms with E-state index in [0.717, 1.165) is 0 Å². The number of hydrogen-bond donors (Lipinski definition) is 1. The fourth-order valence-corrected chi connectivity index (χ4v) is 0.199. The summed E-state index contributed by atoms with van der Waals surface area (Å²) in [4.78, 5) is 9.76. The SMILES string of the molecule is CC([O])COC(N)=O. The maximum atomic E-state index is 10.1. The van der Waals surface area contributed by atoms with Crippen molar-refractivity contribution in [3.63, 3.8) is 0 Å². The molecule has 0 spiro atoms. The Kier molecular flexibility index (Phi) is 2.95. The minimum atomic E-state index is -0.896. The first kappa shape index (κ1) is 7.23. The lowest BCUT2D eigenvalue weighted by molar-refractivity contribution is 0.0376. The second-order valence-electron chi connectivity index (χ2n) is 1.44. The number of carbonyl (C=O) groups is 1. The summed E-state index contributed by atoms with van der Waals surface area (Å²) in [5, 5.41) is 10.1. The summed E-state index contributed by atoms with van der Waals surface area (Å²) >= 11 is 0. The van der Waals surface area contributed by atoms with E-state index in [-0.39, 0.29) is 6.61 Å². The molecule has 4 heteroatoms. The van der Waals surface area contributed by atoms with Crippen LogP contribution >= 0.6 is 0 Å². The third-order valence-corrected chi connectivity index (χ3v) is 0.460. The van der Waals surface area contributed by atoms with Gasteiger partial charge in [0.2, 0.25) is 0 Å². The number of carbonyl (C=O) groups excluding carboxylic acids is 1. The van der Waals surface area contributed by atoms with E-state index in [1.54, 1.807) is 0 Å². The van der Waals surface area contributed by atoms with Crippen molar-refractivity contribution in [1.29, 1.82) is 0 Å². The zero-order valence-corrected chi connectivity index (χ0v) is 4.59. The molecule has 0 bridgehead atoms. The molecular formula is C4H8NO3. The molecule has 4 nitrogen and oxygen atoms in total. The second kappa shape index (κ2) is 3.26. The first-order chi connectivity index (χ1) is 3.63. The van der Waals surface area contributed by atoms with E-state index in [0.29, 0.717) is 0 Å². The van der Waals surface area contributed by atoms with Gasteiger partial charge in [0.15, 0.2) is 0 Å². The van der Waals surface area contributed by atoms with E-state index < -0.39 is 12.2 Å². The Morgan fingerprint density at radius 3 is 2.50 bits per heavy atom. The standard InChI is InChI=1S/C4H8NO3/c1-3(6)2-8-4(5)7/h3H,2H2,1H3,(H2,5,7). The monoisotopic (exact) mass is 118 g/mol. The molecule has 0 fully saturated rings. The molecule has 0 heterocycles. The number of primary amides is 1. The zero-order chi connectivity index (χ0) is 6.57. The van der Waals surface area contributed by atoms with E-state index in [1.165, 1.54) is 6.92 Å². The molecule has 1 amide bonds. The Morgan fingerprint density at radius 2 is 2.38 bits per heavy atom. The molecule has 0 saturated heterocycles. The molecule has 0 aliphatic heterocycles. The Hall–Kier alpha value is -0.770. The van der Waals surface area contributed by atoms with Crippen molar-refractivity contribution in [1.82, 2.24) is 0 Å². The van der Waals surface area contributed by atoms with Crippen LogP contribution in [0.1, 0.15) is 6.92 Å². The van der Waals surface area contributed by atoms with Gasteiger partial charge in [-0.05, 0) is 6.92 Å². The Labute approximate surface area is 47.2 Å². The minimum Gasteiger partial charge on any atom is -0.447 e. The van der Waals surface area contributed by atoms with Crippen LogP contribution in [-0.2, 0) is 9.84 Å². The summed E-state index contributed by atoms with van der Waals surface area (Å²) < 4.78 is 4.13. The van der Waals surface area contributed by atoms with E-state index in [4.69, 9.17) is 0 Å². The summed E-state index contributed by atoms with van der Waals surface area (Å²) in [7, 11) is 0. The molecule has 2 N–H and O–H groups in total. The number of rotatable bonds is 2. The maximum absolute atomic E-state index is 10.1. The number of nitrogens with two attached hydrogens (primary N) is 1. The molecule has 0 aromatic heterocycles. The number of amides is 1. The van der Waals surface area contributed by atoms with Crippen molar-refractivity contribution >= 4 is 6.09 Å². The molecule has 0 aromatic carbocycles. The Bertz CT molecular complexity index is 81.4. The fraction of sp³-hybridized carbons (Fsp3) is 0.750. The highest BCUT2D eigenvalue weighted by Gasteiger charge is 1.98.